The number of nitrogens with zero attached hydrogens (tertiary/aromatic N) is 1. The molecule has 150 valence electrons. The second-order valence-electron chi connectivity index (χ2n) is 6.80. The van der Waals surface area contributed by atoms with Gasteiger partial charge in [0, 0.05) is 16.8 Å². The highest BCUT2D eigenvalue weighted by Gasteiger charge is 2.08. The number of halogens is 1. The first-order valence-corrected chi connectivity index (χ1v) is 10.3. The van der Waals surface area contributed by atoms with Gasteiger partial charge in [0.2, 0.25) is 0 Å². The van der Waals surface area contributed by atoms with Crippen LogP contribution in [0, 0.1) is 0 Å². The summed E-state index contributed by atoms with van der Waals surface area (Å²) in [4.78, 5) is 4.68. The average Bonchev–Trinajstić information content (AvgIpc) is 2.78. The summed E-state index contributed by atoms with van der Waals surface area (Å²) in [7, 11) is 0. The molecule has 0 bridgehead atoms. The van der Waals surface area contributed by atoms with Crippen LogP contribution >= 0.6 is 11.6 Å². The Labute approximate surface area is 181 Å². The lowest BCUT2D eigenvalue weighted by atomic mass is 10.0. The zero-order valence-electron chi connectivity index (χ0n) is 16.7. The fraction of sp³-hybridized carbons (Fsp3) is 0.115. The number of hydrogen-bond acceptors (Lipinski definition) is 3. The van der Waals surface area contributed by atoms with Crippen LogP contribution in [0.5, 0.6) is 11.5 Å². The van der Waals surface area contributed by atoms with Gasteiger partial charge in [0.15, 0.2) is 0 Å². The summed E-state index contributed by atoms with van der Waals surface area (Å²) in [5.74, 6) is 1.63. The molecule has 4 heteroatoms. The van der Waals surface area contributed by atoms with Crippen LogP contribution in [0.3, 0.4) is 0 Å². The third kappa shape index (κ3) is 4.81. The summed E-state index contributed by atoms with van der Waals surface area (Å²) in [6.45, 7) is 3.07. The van der Waals surface area contributed by atoms with Gasteiger partial charge in [0.25, 0.3) is 0 Å². The number of ether oxygens (including phenoxy) is 2. The van der Waals surface area contributed by atoms with Crippen LogP contribution in [0.25, 0.3) is 10.8 Å². The van der Waals surface area contributed by atoms with Crippen molar-refractivity contribution in [2.45, 2.75) is 13.5 Å². The molecule has 0 aliphatic rings. The van der Waals surface area contributed by atoms with Crippen molar-refractivity contribution in [3.05, 3.63) is 101 Å². The summed E-state index contributed by atoms with van der Waals surface area (Å²) < 4.78 is 11.7. The molecule has 0 saturated carbocycles. The van der Waals surface area contributed by atoms with Crippen molar-refractivity contribution in [2.75, 3.05) is 6.61 Å². The van der Waals surface area contributed by atoms with Crippen molar-refractivity contribution in [3.63, 3.8) is 0 Å². The number of hydrogen-bond donors (Lipinski definition) is 0. The van der Waals surface area contributed by atoms with Gasteiger partial charge in [-0.3, -0.25) is 4.99 Å². The molecule has 3 nitrogen and oxygen atoms in total. The van der Waals surface area contributed by atoms with Gasteiger partial charge in [-0.05, 0) is 65.7 Å². The molecule has 0 saturated heterocycles. The zero-order chi connectivity index (χ0) is 20.8. The fourth-order valence-electron chi connectivity index (χ4n) is 3.21. The lowest BCUT2D eigenvalue weighted by molar-refractivity contribution is 0.306. The van der Waals surface area contributed by atoms with Crippen LogP contribution in [-0.2, 0) is 6.61 Å². The molecule has 0 spiro atoms. The molecular formula is C26H22ClNO2. The van der Waals surface area contributed by atoms with Crippen LogP contribution in [0.2, 0.25) is 5.02 Å². The van der Waals surface area contributed by atoms with Gasteiger partial charge in [-0.25, -0.2) is 0 Å². The molecule has 0 unspecified atom stereocenters. The lowest BCUT2D eigenvalue weighted by Gasteiger charge is -2.12. The van der Waals surface area contributed by atoms with Gasteiger partial charge >= 0.3 is 0 Å². The molecule has 4 aromatic carbocycles. The van der Waals surface area contributed by atoms with Gasteiger partial charge in [-0.2, -0.15) is 0 Å². The Morgan fingerprint density at radius 2 is 1.60 bits per heavy atom. The van der Waals surface area contributed by atoms with E-state index in [-0.39, 0.29) is 0 Å². The molecule has 4 rings (SSSR count). The van der Waals surface area contributed by atoms with Crippen molar-refractivity contribution < 1.29 is 9.47 Å². The van der Waals surface area contributed by atoms with E-state index in [9.17, 15) is 0 Å². The largest absolute Gasteiger partial charge is 0.494 e. The minimum atomic E-state index is 0.458. The van der Waals surface area contributed by atoms with E-state index in [4.69, 9.17) is 21.1 Å². The molecule has 0 aliphatic carbocycles. The second-order valence-corrected chi connectivity index (χ2v) is 7.24. The maximum Gasteiger partial charge on any atom is 0.129 e. The molecule has 0 atom stereocenters. The first-order valence-electron chi connectivity index (χ1n) is 9.89. The average molecular weight is 416 g/mol. The van der Waals surface area contributed by atoms with Crippen molar-refractivity contribution in [1.29, 1.82) is 0 Å². The van der Waals surface area contributed by atoms with E-state index in [2.05, 4.69) is 23.2 Å². The highest BCUT2D eigenvalue weighted by molar-refractivity contribution is 6.30. The Morgan fingerprint density at radius 1 is 0.833 bits per heavy atom. The normalized spacial score (nSPS) is 11.1. The number of fused-ring (bicyclic) bond motifs is 1. The highest BCUT2D eigenvalue weighted by Crippen LogP contribution is 2.28. The van der Waals surface area contributed by atoms with Crippen LogP contribution in [0.15, 0.2) is 89.9 Å². The molecule has 0 amide bonds. The van der Waals surface area contributed by atoms with Crippen molar-refractivity contribution >= 4 is 34.3 Å². The van der Waals surface area contributed by atoms with Crippen molar-refractivity contribution in [3.8, 4) is 11.5 Å². The number of benzene rings is 4. The third-order valence-electron chi connectivity index (χ3n) is 4.73. The van der Waals surface area contributed by atoms with Crippen LogP contribution in [-0.4, -0.2) is 12.8 Å². The summed E-state index contributed by atoms with van der Waals surface area (Å²) in [5, 5.41) is 2.96. The summed E-state index contributed by atoms with van der Waals surface area (Å²) in [6, 6.07) is 27.7. The second kappa shape index (κ2) is 9.47. The van der Waals surface area contributed by atoms with Gasteiger partial charge in [-0.1, -0.05) is 54.1 Å². The van der Waals surface area contributed by atoms with Crippen LogP contribution in [0.4, 0.5) is 5.69 Å². The minimum Gasteiger partial charge on any atom is -0.494 e. The lowest BCUT2D eigenvalue weighted by Crippen LogP contribution is -1.99. The Kier molecular flexibility index (Phi) is 6.31. The quantitative estimate of drug-likeness (QED) is 0.298. The van der Waals surface area contributed by atoms with Gasteiger partial charge in [0.1, 0.15) is 18.1 Å². The van der Waals surface area contributed by atoms with Crippen LogP contribution in [0.1, 0.15) is 18.1 Å². The minimum absolute atomic E-state index is 0.458. The smallest absolute Gasteiger partial charge is 0.129 e. The maximum absolute atomic E-state index is 6.16. The first kappa shape index (κ1) is 20.0. The van der Waals surface area contributed by atoms with E-state index in [0.29, 0.717) is 18.2 Å². The molecule has 4 aromatic rings. The standard InChI is InChI=1S/C26H22ClNO2/c1-2-29-23-14-12-22(13-15-23)28-17-25-24-6-4-3-5-20(24)9-16-26(25)30-18-19-7-10-21(27)11-8-19/h3-17H,2,18H2,1H3. The van der Waals surface area contributed by atoms with Gasteiger partial charge in [0.05, 0.1) is 12.3 Å². The van der Waals surface area contributed by atoms with E-state index in [1.807, 2.05) is 79.9 Å². The molecule has 0 N–H and O–H groups in total. The van der Waals surface area contributed by atoms with Crippen LogP contribution < -0.4 is 9.47 Å². The predicted octanol–water partition coefficient (Wildman–Crippen LogP) is 7.22. The van der Waals surface area contributed by atoms with E-state index in [1.54, 1.807) is 0 Å². The highest BCUT2D eigenvalue weighted by atomic mass is 35.5. The van der Waals surface area contributed by atoms with Crippen molar-refractivity contribution in [2.24, 2.45) is 4.99 Å². The summed E-state index contributed by atoms with van der Waals surface area (Å²) >= 11 is 5.98. The van der Waals surface area contributed by atoms with Gasteiger partial charge in [-0.15, -0.1) is 0 Å². The summed E-state index contributed by atoms with van der Waals surface area (Å²) in [5.41, 5.74) is 2.87. The Bertz CT molecular complexity index is 1150. The topological polar surface area (TPSA) is 30.8 Å². The Balaban J connectivity index is 1.63. The van der Waals surface area contributed by atoms with Crippen molar-refractivity contribution in [1.82, 2.24) is 0 Å². The first-order chi connectivity index (χ1) is 14.7. The molecule has 30 heavy (non-hydrogen) atoms. The SMILES string of the molecule is CCOc1ccc(N=Cc2c(OCc3ccc(Cl)cc3)ccc3ccccc23)cc1. The Morgan fingerprint density at radius 3 is 2.37 bits per heavy atom. The molecule has 0 aliphatic heterocycles. The van der Waals surface area contributed by atoms with E-state index < -0.39 is 0 Å². The number of aliphatic imine (C=N–C) groups is 1. The molecule has 0 radical (unpaired) electrons. The maximum atomic E-state index is 6.16. The summed E-state index contributed by atoms with van der Waals surface area (Å²) in [6.07, 6.45) is 1.87. The molecule has 0 heterocycles. The van der Waals surface area contributed by atoms with E-state index >= 15 is 0 Å². The molecular weight excluding hydrogens is 394 g/mol. The van der Waals surface area contributed by atoms with Gasteiger partial charge < -0.3 is 9.47 Å². The fourth-order valence-corrected chi connectivity index (χ4v) is 3.34. The molecule has 0 aromatic heterocycles. The monoisotopic (exact) mass is 415 g/mol. The third-order valence-corrected chi connectivity index (χ3v) is 4.98. The predicted molar refractivity (Wildman–Crippen MR) is 125 cm³/mol. The van der Waals surface area contributed by atoms with E-state index in [1.165, 1.54) is 0 Å². The zero-order valence-corrected chi connectivity index (χ0v) is 17.5. The Hall–Kier alpha value is -3.30. The van der Waals surface area contributed by atoms with E-state index in [0.717, 1.165) is 39.1 Å². The molecule has 0 fully saturated rings. The number of rotatable bonds is 7.